The zero-order valence-electron chi connectivity index (χ0n) is 24.8. The molecule has 0 aliphatic heterocycles. The van der Waals surface area contributed by atoms with Crippen molar-refractivity contribution in [3.63, 3.8) is 0 Å². The van der Waals surface area contributed by atoms with Gasteiger partial charge in [-0.1, -0.05) is 115 Å². The summed E-state index contributed by atoms with van der Waals surface area (Å²) in [5.41, 5.74) is 5.16. The summed E-state index contributed by atoms with van der Waals surface area (Å²) < 4.78 is 6.45. The topological polar surface area (TPSA) is 16.4 Å². The van der Waals surface area contributed by atoms with Crippen LogP contribution < -0.4 is 4.90 Å². The number of anilines is 3. The molecule has 2 heteroatoms. The minimum Gasteiger partial charge on any atom is -0.456 e. The maximum absolute atomic E-state index is 6.45. The van der Waals surface area contributed by atoms with Crippen molar-refractivity contribution >= 4 is 104 Å². The molecule has 212 valence electrons. The Morgan fingerprint density at radius 3 is 1.37 bits per heavy atom. The maximum Gasteiger partial charge on any atom is 0.137 e. The third-order valence-corrected chi connectivity index (χ3v) is 10.1. The van der Waals surface area contributed by atoms with E-state index in [0.29, 0.717) is 0 Å². The van der Waals surface area contributed by atoms with Crippen molar-refractivity contribution < 1.29 is 4.42 Å². The molecule has 11 rings (SSSR count). The highest BCUT2D eigenvalue weighted by Crippen LogP contribution is 2.48. The number of hydrogen-bond donors (Lipinski definition) is 0. The first-order valence-corrected chi connectivity index (χ1v) is 15.8. The van der Waals surface area contributed by atoms with Gasteiger partial charge >= 0.3 is 0 Å². The minimum absolute atomic E-state index is 0.888. The number of para-hydroxylation sites is 1. The van der Waals surface area contributed by atoms with Gasteiger partial charge in [0.15, 0.2) is 0 Å². The Labute approximate surface area is 264 Å². The van der Waals surface area contributed by atoms with Crippen LogP contribution in [0.2, 0.25) is 0 Å². The minimum atomic E-state index is 0.888. The molecular weight excluding hydrogens is 558 g/mol. The van der Waals surface area contributed by atoms with Crippen LogP contribution in [0.3, 0.4) is 0 Å². The normalized spacial score (nSPS) is 12.3. The standard InChI is InChI=1S/C44H25NO/c1-2-10-39-33(9-1)34-22-19-32(25-40(34)46-39)45(37-23-17-30-13-11-26-5-3-7-28-15-20-35(37)43(30)41(26)28)38-24-18-31-14-12-27-6-4-8-29-16-21-36(38)44(31)42(27)29/h1-25H. The highest BCUT2D eigenvalue weighted by molar-refractivity contribution is 6.28. The Bertz CT molecular complexity index is 2810. The van der Waals surface area contributed by atoms with E-state index in [4.69, 9.17) is 4.42 Å². The van der Waals surface area contributed by atoms with E-state index in [1.165, 1.54) is 64.6 Å². The number of furan rings is 1. The van der Waals surface area contributed by atoms with Gasteiger partial charge in [-0.15, -0.1) is 0 Å². The first-order chi connectivity index (χ1) is 22.8. The predicted molar refractivity (Wildman–Crippen MR) is 196 cm³/mol. The molecule has 0 saturated carbocycles. The van der Waals surface area contributed by atoms with E-state index in [0.717, 1.165) is 39.0 Å². The molecule has 46 heavy (non-hydrogen) atoms. The Morgan fingerprint density at radius 1 is 0.326 bits per heavy atom. The summed E-state index contributed by atoms with van der Waals surface area (Å²) in [5.74, 6) is 0. The van der Waals surface area contributed by atoms with Crippen LogP contribution in [0.15, 0.2) is 156 Å². The second kappa shape index (κ2) is 8.74. The van der Waals surface area contributed by atoms with Gasteiger partial charge in [-0.2, -0.15) is 0 Å². The molecule has 0 atom stereocenters. The predicted octanol–water partition coefficient (Wildman–Crippen LogP) is 12.9. The van der Waals surface area contributed by atoms with E-state index < -0.39 is 0 Å². The van der Waals surface area contributed by atoms with Gasteiger partial charge in [0, 0.05) is 33.3 Å². The van der Waals surface area contributed by atoms with E-state index in [-0.39, 0.29) is 0 Å². The molecule has 0 unspecified atom stereocenters. The zero-order valence-corrected chi connectivity index (χ0v) is 24.8. The van der Waals surface area contributed by atoms with Crippen LogP contribution in [0.4, 0.5) is 17.1 Å². The van der Waals surface area contributed by atoms with Gasteiger partial charge < -0.3 is 9.32 Å². The summed E-state index contributed by atoms with van der Waals surface area (Å²) in [7, 11) is 0. The molecule has 0 fully saturated rings. The molecule has 0 amide bonds. The first-order valence-electron chi connectivity index (χ1n) is 15.8. The first kappa shape index (κ1) is 24.2. The SMILES string of the molecule is c1cc2ccc3ccc(N(c4ccc5c(c4)oc4ccccc45)c4ccc5ccc6cccc7ccc4c5c67)c4ccc(c1)c2c34. The van der Waals surface area contributed by atoms with Crippen LogP contribution in [0, 0.1) is 0 Å². The highest BCUT2D eigenvalue weighted by atomic mass is 16.3. The molecule has 1 aromatic heterocycles. The lowest BCUT2D eigenvalue weighted by Crippen LogP contribution is -2.11. The van der Waals surface area contributed by atoms with Gasteiger partial charge in [-0.05, 0) is 84.2 Å². The average Bonchev–Trinajstić information content (AvgIpc) is 3.48. The van der Waals surface area contributed by atoms with Crippen molar-refractivity contribution in [2.24, 2.45) is 0 Å². The number of hydrogen-bond acceptors (Lipinski definition) is 2. The molecule has 1 heterocycles. The number of fused-ring (bicyclic) bond motifs is 3. The summed E-state index contributed by atoms with van der Waals surface area (Å²) in [5, 5.41) is 17.6. The lowest BCUT2D eigenvalue weighted by atomic mass is 9.91. The van der Waals surface area contributed by atoms with E-state index in [2.05, 4.69) is 150 Å². The molecule has 10 aromatic carbocycles. The smallest absolute Gasteiger partial charge is 0.137 e. The summed E-state index contributed by atoms with van der Waals surface area (Å²) in [4.78, 5) is 2.45. The van der Waals surface area contributed by atoms with Crippen LogP contribution in [-0.4, -0.2) is 0 Å². The monoisotopic (exact) mass is 583 g/mol. The van der Waals surface area contributed by atoms with Crippen molar-refractivity contribution in [1.29, 1.82) is 0 Å². The fraction of sp³-hybridized carbons (Fsp3) is 0. The number of nitrogens with zero attached hydrogens (tertiary/aromatic N) is 1. The fourth-order valence-corrected chi connectivity index (χ4v) is 8.09. The van der Waals surface area contributed by atoms with Gasteiger partial charge in [0.2, 0.25) is 0 Å². The van der Waals surface area contributed by atoms with Gasteiger partial charge in [0.1, 0.15) is 11.2 Å². The van der Waals surface area contributed by atoms with Crippen LogP contribution in [0.5, 0.6) is 0 Å². The van der Waals surface area contributed by atoms with E-state index in [1.54, 1.807) is 0 Å². The average molecular weight is 584 g/mol. The van der Waals surface area contributed by atoms with Crippen molar-refractivity contribution in [2.75, 3.05) is 4.90 Å². The summed E-state index contributed by atoms with van der Waals surface area (Å²) >= 11 is 0. The number of benzene rings is 10. The Hall–Kier alpha value is -6.12. The van der Waals surface area contributed by atoms with Crippen LogP contribution in [0.1, 0.15) is 0 Å². The summed E-state index contributed by atoms with van der Waals surface area (Å²) in [6.45, 7) is 0. The molecule has 0 bridgehead atoms. The van der Waals surface area contributed by atoms with E-state index in [1.807, 2.05) is 6.07 Å². The third-order valence-electron chi connectivity index (χ3n) is 10.1. The van der Waals surface area contributed by atoms with Crippen molar-refractivity contribution in [1.82, 2.24) is 0 Å². The van der Waals surface area contributed by atoms with Crippen molar-refractivity contribution in [2.45, 2.75) is 0 Å². The van der Waals surface area contributed by atoms with Crippen LogP contribution in [0.25, 0.3) is 86.6 Å². The van der Waals surface area contributed by atoms with Crippen LogP contribution in [-0.2, 0) is 0 Å². The number of rotatable bonds is 3. The lowest BCUT2D eigenvalue weighted by Gasteiger charge is -2.29. The van der Waals surface area contributed by atoms with Crippen molar-refractivity contribution in [3.8, 4) is 0 Å². The molecule has 0 saturated heterocycles. The molecule has 0 aliphatic carbocycles. The highest BCUT2D eigenvalue weighted by Gasteiger charge is 2.22. The lowest BCUT2D eigenvalue weighted by molar-refractivity contribution is 0.669. The second-order valence-corrected chi connectivity index (χ2v) is 12.5. The van der Waals surface area contributed by atoms with Gasteiger partial charge in [-0.25, -0.2) is 0 Å². The second-order valence-electron chi connectivity index (χ2n) is 12.5. The Kier molecular flexibility index (Phi) is 4.61. The maximum atomic E-state index is 6.45. The summed E-state index contributed by atoms with van der Waals surface area (Å²) in [6.07, 6.45) is 0. The largest absolute Gasteiger partial charge is 0.456 e. The molecule has 2 nitrogen and oxygen atoms in total. The Balaban J connectivity index is 1.27. The Morgan fingerprint density at radius 2 is 0.783 bits per heavy atom. The quantitative estimate of drug-likeness (QED) is 0.192. The fourth-order valence-electron chi connectivity index (χ4n) is 8.09. The van der Waals surface area contributed by atoms with E-state index in [9.17, 15) is 0 Å². The molecule has 0 aliphatic rings. The summed E-state index contributed by atoms with van der Waals surface area (Å²) in [6, 6.07) is 55.5. The van der Waals surface area contributed by atoms with Gasteiger partial charge in [0.25, 0.3) is 0 Å². The molecular formula is C44H25NO. The van der Waals surface area contributed by atoms with Gasteiger partial charge in [0.05, 0.1) is 11.4 Å². The molecule has 0 radical (unpaired) electrons. The molecule has 0 spiro atoms. The molecule has 0 N–H and O–H groups in total. The van der Waals surface area contributed by atoms with Crippen molar-refractivity contribution in [3.05, 3.63) is 152 Å². The van der Waals surface area contributed by atoms with E-state index >= 15 is 0 Å². The van der Waals surface area contributed by atoms with Crippen LogP contribution >= 0.6 is 0 Å². The zero-order chi connectivity index (χ0) is 29.9. The molecule has 11 aromatic rings. The van der Waals surface area contributed by atoms with Gasteiger partial charge in [-0.3, -0.25) is 0 Å². The third kappa shape index (κ3) is 3.15.